The summed E-state index contributed by atoms with van der Waals surface area (Å²) in [6, 6.07) is 6.75. The van der Waals surface area contributed by atoms with E-state index < -0.39 is 24.5 Å². The predicted octanol–water partition coefficient (Wildman–Crippen LogP) is -1.47. The van der Waals surface area contributed by atoms with E-state index >= 15 is 0 Å². The molecule has 5 nitrogen and oxygen atoms in total. The summed E-state index contributed by atoms with van der Waals surface area (Å²) in [5.74, 6) is -2.07. The number of carboxylic acids is 1. The van der Waals surface area contributed by atoms with Crippen molar-refractivity contribution in [3.05, 3.63) is 35.9 Å². The number of carbonyl (C=O) groups excluding carboxylic acids is 2. The Morgan fingerprint density at radius 1 is 1.33 bits per heavy atom. The number of carboxylic acid groups (broad SMARTS) is 1. The zero-order chi connectivity index (χ0) is 11.3. The second-order valence-corrected chi connectivity index (χ2v) is 2.89. The lowest BCUT2D eigenvalue weighted by Gasteiger charge is -2.16. The fourth-order valence-electron chi connectivity index (χ4n) is 1.01. The summed E-state index contributed by atoms with van der Waals surface area (Å²) >= 11 is 0. The maximum absolute atomic E-state index is 11.4. The van der Waals surface area contributed by atoms with Crippen LogP contribution in [0.3, 0.4) is 0 Å². The average molecular weight is 208 g/mol. The minimum atomic E-state index is -1.51. The summed E-state index contributed by atoms with van der Waals surface area (Å²) in [6.45, 7) is -0.694. The standard InChI is InChI=1S/C10H11NO4/c12-6-8(10(14)15)11-9(13)7-4-2-1-3-5-7/h1-5,8,12H,6H2,(H,11,13)(H,14,15)/p-1/t8-/m1/s1. The van der Waals surface area contributed by atoms with Gasteiger partial charge in [0, 0.05) is 5.56 Å². The number of aliphatic hydroxyl groups excluding tert-OH is 1. The summed E-state index contributed by atoms with van der Waals surface area (Å²) in [6.07, 6.45) is 0. The largest absolute Gasteiger partial charge is 0.548 e. The molecule has 0 aliphatic carbocycles. The molecule has 1 aromatic rings. The van der Waals surface area contributed by atoms with Gasteiger partial charge in [-0.15, -0.1) is 0 Å². The molecule has 1 atom stereocenters. The van der Waals surface area contributed by atoms with Gasteiger partial charge >= 0.3 is 0 Å². The van der Waals surface area contributed by atoms with E-state index in [-0.39, 0.29) is 0 Å². The van der Waals surface area contributed by atoms with E-state index in [1.165, 1.54) is 0 Å². The highest BCUT2D eigenvalue weighted by atomic mass is 16.4. The molecule has 0 aromatic heterocycles. The van der Waals surface area contributed by atoms with Gasteiger partial charge in [0.15, 0.2) is 0 Å². The molecule has 0 aliphatic rings. The number of amides is 1. The number of nitrogens with one attached hydrogen (secondary N) is 1. The Labute approximate surface area is 86.4 Å². The van der Waals surface area contributed by atoms with Crippen molar-refractivity contribution in [3.63, 3.8) is 0 Å². The van der Waals surface area contributed by atoms with Crippen LogP contribution in [-0.4, -0.2) is 29.6 Å². The quantitative estimate of drug-likeness (QED) is 0.632. The number of hydrogen-bond acceptors (Lipinski definition) is 4. The monoisotopic (exact) mass is 208 g/mol. The fourth-order valence-corrected chi connectivity index (χ4v) is 1.01. The molecule has 0 unspecified atom stereocenters. The SMILES string of the molecule is O=C(N[C@H](CO)C(=O)[O-])c1ccccc1. The molecule has 0 fully saturated rings. The summed E-state index contributed by atoms with van der Waals surface area (Å²) in [4.78, 5) is 21.8. The van der Waals surface area contributed by atoms with Crippen LogP contribution in [0.5, 0.6) is 0 Å². The number of benzene rings is 1. The van der Waals surface area contributed by atoms with Gasteiger partial charge in [-0.25, -0.2) is 0 Å². The molecule has 0 aliphatic heterocycles. The Bertz CT molecular complexity index is 350. The molecule has 0 heterocycles. The summed E-state index contributed by atoms with van der Waals surface area (Å²) in [5.41, 5.74) is 0.331. The third-order valence-electron chi connectivity index (χ3n) is 1.81. The lowest BCUT2D eigenvalue weighted by Crippen LogP contribution is -2.50. The fraction of sp³-hybridized carbons (Fsp3) is 0.200. The number of aliphatic carboxylic acids is 1. The first-order chi connectivity index (χ1) is 7.15. The first-order valence-corrected chi connectivity index (χ1v) is 4.32. The van der Waals surface area contributed by atoms with Gasteiger partial charge in [0.2, 0.25) is 0 Å². The lowest BCUT2D eigenvalue weighted by molar-refractivity contribution is -0.308. The van der Waals surface area contributed by atoms with E-state index in [1.54, 1.807) is 30.3 Å². The Kier molecular flexibility index (Phi) is 3.82. The van der Waals surface area contributed by atoms with E-state index in [0.717, 1.165) is 0 Å². The molecule has 1 aromatic carbocycles. The van der Waals surface area contributed by atoms with Crippen LogP contribution in [0, 0.1) is 0 Å². The molecule has 5 heteroatoms. The molecule has 0 bridgehead atoms. The predicted molar refractivity (Wildman–Crippen MR) is 49.8 cm³/mol. The second-order valence-electron chi connectivity index (χ2n) is 2.89. The Balaban J connectivity index is 2.67. The molecule has 1 amide bonds. The van der Waals surface area contributed by atoms with Gasteiger partial charge in [-0.3, -0.25) is 4.79 Å². The van der Waals surface area contributed by atoms with Crippen LogP contribution in [0.25, 0.3) is 0 Å². The van der Waals surface area contributed by atoms with Gasteiger partial charge in [-0.05, 0) is 12.1 Å². The number of carbonyl (C=O) groups is 2. The van der Waals surface area contributed by atoms with Crippen LogP contribution >= 0.6 is 0 Å². The summed E-state index contributed by atoms with van der Waals surface area (Å²) in [5, 5.41) is 21.2. The zero-order valence-corrected chi connectivity index (χ0v) is 7.84. The molecule has 2 N–H and O–H groups in total. The van der Waals surface area contributed by atoms with E-state index in [1.807, 2.05) is 0 Å². The van der Waals surface area contributed by atoms with E-state index in [9.17, 15) is 14.7 Å². The zero-order valence-electron chi connectivity index (χ0n) is 7.84. The van der Waals surface area contributed by atoms with Crippen LogP contribution < -0.4 is 10.4 Å². The van der Waals surface area contributed by atoms with Crippen LogP contribution in [0.2, 0.25) is 0 Å². The van der Waals surface area contributed by atoms with Gasteiger partial charge in [0.1, 0.15) is 0 Å². The van der Waals surface area contributed by atoms with E-state index in [4.69, 9.17) is 5.11 Å². The van der Waals surface area contributed by atoms with Gasteiger partial charge < -0.3 is 20.3 Å². The molecule has 15 heavy (non-hydrogen) atoms. The van der Waals surface area contributed by atoms with Crippen molar-refractivity contribution in [3.8, 4) is 0 Å². The molecule has 0 spiro atoms. The Morgan fingerprint density at radius 3 is 2.40 bits per heavy atom. The highest BCUT2D eigenvalue weighted by Gasteiger charge is 2.12. The minimum absolute atomic E-state index is 0.331. The molecule has 0 saturated heterocycles. The van der Waals surface area contributed by atoms with Crippen LogP contribution in [-0.2, 0) is 4.79 Å². The Morgan fingerprint density at radius 2 is 1.93 bits per heavy atom. The maximum atomic E-state index is 11.4. The van der Waals surface area contributed by atoms with Crippen molar-refractivity contribution in [1.29, 1.82) is 0 Å². The van der Waals surface area contributed by atoms with Crippen molar-refractivity contribution >= 4 is 11.9 Å². The Hall–Kier alpha value is -1.88. The molecular weight excluding hydrogens is 198 g/mol. The highest BCUT2D eigenvalue weighted by molar-refractivity contribution is 5.96. The molecule has 0 saturated carbocycles. The second kappa shape index (κ2) is 5.11. The minimum Gasteiger partial charge on any atom is -0.548 e. The smallest absolute Gasteiger partial charge is 0.251 e. The average Bonchev–Trinajstić information content (AvgIpc) is 2.26. The molecule has 80 valence electrons. The number of hydrogen-bond donors (Lipinski definition) is 2. The van der Waals surface area contributed by atoms with Crippen molar-refractivity contribution in [2.45, 2.75) is 6.04 Å². The number of rotatable bonds is 4. The van der Waals surface area contributed by atoms with Crippen LogP contribution in [0.4, 0.5) is 0 Å². The van der Waals surface area contributed by atoms with E-state index in [2.05, 4.69) is 5.32 Å². The maximum Gasteiger partial charge on any atom is 0.251 e. The summed E-state index contributed by atoms with van der Waals surface area (Å²) in [7, 11) is 0. The van der Waals surface area contributed by atoms with Gasteiger partial charge in [-0.1, -0.05) is 18.2 Å². The van der Waals surface area contributed by atoms with Gasteiger partial charge in [0.05, 0.1) is 18.6 Å². The topological polar surface area (TPSA) is 89.5 Å². The number of aliphatic hydroxyl groups is 1. The highest BCUT2D eigenvalue weighted by Crippen LogP contribution is 1.98. The van der Waals surface area contributed by atoms with Crippen LogP contribution in [0.15, 0.2) is 30.3 Å². The molecule has 0 radical (unpaired) electrons. The van der Waals surface area contributed by atoms with Crippen LogP contribution in [0.1, 0.15) is 10.4 Å². The van der Waals surface area contributed by atoms with Gasteiger partial charge in [-0.2, -0.15) is 0 Å². The first-order valence-electron chi connectivity index (χ1n) is 4.32. The first kappa shape index (κ1) is 11.2. The van der Waals surface area contributed by atoms with E-state index in [0.29, 0.717) is 5.56 Å². The van der Waals surface area contributed by atoms with Crippen molar-refractivity contribution in [2.24, 2.45) is 0 Å². The van der Waals surface area contributed by atoms with Gasteiger partial charge in [0.25, 0.3) is 5.91 Å². The van der Waals surface area contributed by atoms with Crippen molar-refractivity contribution < 1.29 is 19.8 Å². The molecular formula is C10H10NO4-. The lowest BCUT2D eigenvalue weighted by atomic mass is 10.2. The summed E-state index contributed by atoms with van der Waals surface area (Å²) < 4.78 is 0. The normalized spacial score (nSPS) is 11.8. The van der Waals surface area contributed by atoms with Crippen molar-refractivity contribution in [2.75, 3.05) is 6.61 Å². The molecule has 1 rings (SSSR count). The third-order valence-corrected chi connectivity index (χ3v) is 1.81. The third kappa shape index (κ3) is 3.07. The van der Waals surface area contributed by atoms with Crippen molar-refractivity contribution in [1.82, 2.24) is 5.32 Å².